The lowest BCUT2D eigenvalue weighted by atomic mass is 9.75. The predicted molar refractivity (Wildman–Crippen MR) is 106 cm³/mol. The van der Waals surface area contributed by atoms with Crippen LogP contribution < -0.4 is 10.5 Å². The summed E-state index contributed by atoms with van der Waals surface area (Å²) in [6.07, 6.45) is 0. The van der Waals surface area contributed by atoms with Gasteiger partial charge in [-0.1, -0.05) is 41.5 Å². The molecular weight excluding hydrogens is 346 g/mol. The summed E-state index contributed by atoms with van der Waals surface area (Å²) in [6, 6.07) is 1.83. The van der Waals surface area contributed by atoms with Gasteiger partial charge in [0.2, 0.25) is 5.91 Å². The number of primary amides is 1. The van der Waals surface area contributed by atoms with Gasteiger partial charge in [-0.3, -0.25) is 4.79 Å². The van der Waals surface area contributed by atoms with Crippen LogP contribution in [-0.4, -0.2) is 40.1 Å². The van der Waals surface area contributed by atoms with Crippen LogP contribution in [0, 0.1) is 0 Å². The first-order valence-electron chi connectivity index (χ1n) is 9.14. The van der Waals surface area contributed by atoms with E-state index in [-0.39, 0.29) is 24.2 Å². The van der Waals surface area contributed by atoms with Gasteiger partial charge in [0.1, 0.15) is 5.75 Å². The van der Waals surface area contributed by atoms with E-state index in [1.807, 2.05) is 6.07 Å². The maximum absolute atomic E-state index is 12.2. The summed E-state index contributed by atoms with van der Waals surface area (Å²) in [6.45, 7) is 13.8. The summed E-state index contributed by atoms with van der Waals surface area (Å²) < 4.78 is 22.0. The van der Waals surface area contributed by atoms with Gasteiger partial charge in [0.15, 0.2) is 6.79 Å². The fourth-order valence-corrected chi connectivity index (χ4v) is 3.02. The molecule has 0 aromatic heterocycles. The van der Waals surface area contributed by atoms with Gasteiger partial charge in [0, 0.05) is 30.9 Å². The molecule has 27 heavy (non-hydrogen) atoms. The maximum atomic E-state index is 12.2. The topological polar surface area (TPSA) is 80.0 Å². The number of benzene rings is 1. The Morgan fingerprint density at radius 2 is 1.63 bits per heavy atom. The number of methoxy groups -OCH3 is 2. The van der Waals surface area contributed by atoms with E-state index in [9.17, 15) is 4.79 Å². The van der Waals surface area contributed by atoms with Crippen LogP contribution in [0.15, 0.2) is 6.07 Å². The largest absolute Gasteiger partial charge is 0.467 e. The molecule has 0 spiro atoms. The molecule has 0 heterocycles. The first kappa shape index (κ1) is 23.4. The van der Waals surface area contributed by atoms with Crippen LogP contribution in [-0.2, 0) is 31.6 Å². The van der Waals surface area contributed by atoms with Crippen LogP contribution >= 0.6 is 0 Å². The number of nitrogens with two attached hydrogens (primary N) is 1. The highest BCUT2D eigenvalue weighted by Gasteiger charge is 2.32. The Kier molecular flexibility index (Phi) is 8.26. The first-order valence-corrected chi connectivity index (χ1v) is 9.14. The van der Waals surface area contributed by atoms with E-state index in [0.29, 0.717) is 18.8 Å². The molecule has 6 heteroatoms. The molecule has 0 bridgehead atoms. The SMILES string of the molecule is COCCOCOc1c(C(C)(C)C)cc(C(N)=O)c(COC)c1C(C)(C)C. The highest BCUT2D eigenvalue weighted by Crippen LogP contribution is 2.43. The third-order valence-corrected chi connectivity index (χ3v) is 4.22. The minimum atomic E-state index is -0.471. The fourth-order valence-electron chi connectivity index (χ4n) is 3.02. The van der Waals surface area contributed by atoms with Crippen LogP contribution in [0.3, 0.4) is 0 Å². The highest BCUT2D eigenvalue weighted by atomic mass is 16.7. The molecule has 0 aliphatic rings. The monoisotopic (exact) mass is 381 g/mol. The van der Waals surface area contributed by atoms with Gasteiger partial charge < -0.3 is 24.7 Å². The zero-order valence-electron chi connectivity index (χ0n) is 18.0. The van der Waals surface area contributed by atoms with Crippen molar-refractivity contribution < 1.29 is 23.7 Å². The summed E-state index contributed by atoms with van der Waals surface area (Å²) in [4.78, 5) is 12.2. The summed E-state index contributed by atoms with van der Waals surface area (Å²) in [5.41, 5.74) is 8.22. The van der Waals surface area contributed by atoms with Crippen molar-refractivity contribution in [2.24, 2.45) is 5.73 Å². The second-order valence-electron chi connectivity index (χ2n) is 8.61. The van der Waals surface area contributed by atoms with Crippen LogP contribution in [0.5, 0.6) is 5.75 Å². The van der Waals surface area contributed by atoms with Crippen LogP contribution in [0.2, 0.25) is 0 Å². The highest BCUT2D eigenvalue weighted by molar-refractivity contribution is 5.95. The van der Waals surface area contributed by atoms with E-state index in [2.05, 4.69) is 41.5 Å². The lowest BCUT2D eigenvalue weighted by Crippen LogP contribution is -2.26. The van der Waals surface area contributed by atoms with Crippen LogP contribution in [0.4, 0.5) is 0 Å². The van der Waals surface area contributed by atoms with Crippen molar-refractivity contribution in [2.45, 2.75) is 59.0 Å². The Hall–Kier alpha value is -1.63. The van der Waals surface area contributed by atoms with Gasteiger partial charge in [-0.15, -0.1) is 0 Å². The van der Waals surface area contributed by atoms with Crippen molar-refractivity contribution in [1.82, 2.24) is 0 Å². The van der Waals surface area contributed by atoms with Crippen molar-refractivity contribution in [3.05, 3.63) is 28.3 Å². The van der Waals surface area contributed by atoms with Gasteiger partial charge in [-0.25, -0.2) is 0 Å². The van der Waals surface area contributed by atoms with E-state index in [4.69, 9.17) is 24.7 Å². The zero-order chi connectivity index (χ0) is 20.8. The minimum absolute atomic E-state index is 0.0951. The lowest BCUT2D eigenvalue weighted by Gasteiger charge is -2.32. The van der Waals surface area contributed by atoms with Gasteiger partial charge >= 0.3 is 0 Å². The van der Waals surface area contributed by atoms with Crippen molar-refractivity contribution in [3.8, 4) is 5.75 Å². The van der Waals surface area contributed by atoms with Crippen molar-refractivity contribution >= 4 is 5.91 Å². The maximum Gasteiger partial charge on any atom is 0.249 e. The fraction of sp³-hybridized carbons (Fsp3) is 0.667. The van der Waals surface area contributed by atoms with Crippen LogP contribution in [0.25, 0.3) is 0 Å². The first-order chi connectivity index (χ1) is 12.4. The van der Waals surface area contributed by atoms with E-state index >= 15 is 0 Å². The average molecular weight is 382 g/mol. The Balaban J connectivity index is 3.62. The Bertz CT molecular complexity index is 641. The smallest absolute Gasteiger partial charge is 0.249 e. The van der Waals surface area contributed by atoms with E-state index < -0.39 is 5.91 Å². The molecule has 154 valence electrons. The average Bonchev–Trinajstić information content (AvgIpc) is 2.52. The van der Waals surface area contributed by atoms with E-state index in [1.165, 1.54) is 0 Å². The zero-order valence-corrected chi connectivity index (χ0v) is 18.0. The Morgan fingerprint density at radius 1 is 1.00 bits per heavy atom. The van der Waals surface area contributed by atoms with Gasteiger partial charge in [0.25, 0.3) is 0 Å². The van der Waals surface area contributed by atoms with Gasteiger partial charge in [0.05, 0.1) is 19.8 Å². The molecule has 0 aliphatic carbocycles. The van der Waals surface area contributed by atoms with Crippen molar-refractivity contribution in [2.75, 3.05) is 34.2 Å². The number of rotatable bonds is 9. The lowest BCUT2D eigenvalue weighted by molar-refractivity contribution is -0.0100. The number of carbonyl (C=O) groups excluding carboxylic acids is 1. The Morgan fingerprint density at radius 3 is 2.07 bits per heavy atom. The Labute approximate surface area is 163 Å². The van der Waals surface area contributed by atoms with Crippen molar-refractivity contribution in [3.63, 3.8) is 0 Å². The summed E-state index contributed by atoms with van der Waals surface area (Å²) >= 11 is 0. The number of carbonyl (C=O) groups is 1. The van der Waals surface area contributed by atoms with E-state index in [1.54, 1.807) is 14.2 Å². The van der Waals surface area contributed by atoms with Crippen LogP contribution in [0.1, 0.15) is 68.6 Å². The molecule has 0 saturated heterocycles. The summed E-state index contributed by atoms with van der Waals surface area (Å²) in [5.74, 6) is 0.255. The van der Waals surface area contributed by atoms with Gasteiger partial charge in [-0.2, -0.15) is 0 Å². The van der Waals surface area contributed by atoms with E-state index in [0.717, 1.165) is 22.4 Å². The van der Waals surface area contributed by atoms with Gasteiger partial charge in [-0.05, 0) is 22.5 Å². The third kappa shape index (κ3) is 6.19. The molecule has 6 nitrogen and oxygen atoms in total. The molecule has 2 N–H and O–H groups in total. The number of ether oxygens (including phenoxy) is 4. The predicted octanol–water partition coefficient (Wildman–Crippen LogP) is 3.53. The summed E-state index contributed by atoms with van der Waals surface area (Å²) in [5, 5.41) is 0. The molecule has 0 aliphatic heterocycles. The molecule has 0 fully saturated rings. The third-order valence-electron chi connectivity index (χ3n) is 4.22. The molecule has 0 saturated carbocycles. The molecule has 0 radical (unpaired) electrons. The molecule has 1 aromatic carbocycles. The molecule has 1 aromatic rings. The summed E-state index contributed by atoms with van der Waals surface area (Å²) in [7, 11) is 3.22. The normalized spacial score (nSPS) is 12.3. The van der Waals surface area contributed by atoms with Crippen molar-refractivity contribution in [1.29, 1.82) is 0 Å². The molecular formula is C21H35NO5. The number of hydrogen-bond donors (Lipinski definition) is 1. The molecule has 0 unspecified atom stereocenters. The second kappa shape index (κ2) is 9.53. The number of hydrogen-bond acceptors (Lipinski definition) is 5. The minimum Gasteiger partial charge on any atom is -0.467 e. The molecule has 1 rings (SSSR count). The standard InChI is InChI=1S/C21H35NO5/c1-20(2,3)16-11-14(19(22)23)15(12-25-8)17(21(4,5)6)18(16)27-13-26-10-9-24-7/h11H,9-10,12-13H2,1-8H3,(H2,22,23). The number of amides is 1. The second-order valence-corrected chi connectivity index (χ2v) is 8.61. The molecule has 0 atom stereocenters. The molecule has 1 amide bonds. The quantitative estimate of drug-likeness (QED) is 0.523.